The standard InChI is InChI=1S/C24H20O5/c25-24(12-10-18-9-11-22-23(16-18)27-14-13-26-22)28-17-19-5-4-8-21(15-19)29-20-6-2-1-3-7-20/h1-12,15-16H,13-14,17H2/b12-10+. The SMILES string of the molecule is O=C(/C=C/c1ccc2c(c1)OCCO2)OCc1cccc(Oc2ccccc2)c1. The van der Waals surface area contributed by atoms with Crippen LogP contribution in [0, 0.1) is 0 Å². The largest absolute Gasteiger partial charge is 0.486 e. The zero-order chi connectivity index (χ0) is 19.9. The summed E-state index contributed by atoms with van der Waals surface area (Å²) in [5, 5.41) is 0. The third-order valence-electron chi connectivity index (χ3n) is 4.24. The van der Waals surface area contributed by atoms with Gasteiger partial charge in [0, 0.05) is 6.08 Å². The van der Waals surface area contributed by atoms with Crippen molar-refractivity contribution in [1.82, 2.24) is 0 Å². The van der Waals surface area contributed by atoms with E-state index in [0.29, 0.717) is 30.5 Å². The first-order chi connectivity index (χ1) is 14.3. The van der Waals surface area contributed by atoms with Gasteiger partial charge in [-0.3, -0.25) is 0 Å². The van der Waals surface area contributed by atoms with Crippen molar-refractivity contribution in [3.63, 3.8) is 0 Å². The lowest BCUT2D eigenvalue weighted by molar-refractivity contribution is -0.138. The molecule has 1 aliphatic heterocycles. The fraction of sp³-hybridized carbons (Fsp3) is 0.125. The van der Waals surface area contributed by atoms with Gasteiger partial charge < -0.3 is 18.9 Å². The van der Waals surface area contributed by atoms with Crippen molar-refractivity contribution in [3.05, 3.63) is 90.0 Å². The second kappa shape index (κ2) is 8.97. The Hall–Kier alpha value is -3.73. The highest BCUT2D eigenvalue weighted by Gasteiger charge is 2.11. The summed E-state index contributed by atoms with van der Waals surface area (Å²) in [5.74, 6) is 2.42. The molecule has 0 aromatic heterocycles. The molecule has 0 saturated carbocycles. The predicted molar refractivity (Wildman–Crippen MR) is 109 cm³/mol. The fourth-order valence-electron chi connectivity index (χ4n) is 2.85. The van der Waals surface area contributed by atoms with Crippen LogP contribution in [-0.2, 0) is 16.1 Å². The minimum atomic E-state index is -0.422. The van der Waals surface area contributed by atoms with Gasteiger partial charge in [-0.15, -0.1) is 0 Å². The monoisotopic (exact) mass is 388 g/mol. The molecule has 5 nitrogen and oxygen atoms in total. The van der Waals surface area contributed by atoms with Crippen LogP contribution in [0.3, 0.4) is 0 Å². The molecule has 0 fully saturated rings. The van der Waals surface area contributed by atoms with E-state index >= 15 is 0 Å². The van der Waals surface area contributed by atoms with Gasteiger partial charge >= 0.3 is 5.97 Å². The van der Waals surface area contributed by atoms with Crippen LogP contribution in [0.4, 0.5) is 0 Å². The average molecular weight is 388 g/mol. The molecular weight excluding hydrogens is 368 g/mol. The van der Waals surface area contributed by atoms with Crippen LogP contribution < -0.4 is 14.2 Å². The number of para-hydroxylation sites is 1. The number of rotatable bonds is 6. The number of esters is 1. The van der Waals surface area contributed by atoms with Crippen molar-refractivity contribution in [1.29, 1.82) is 0 Å². The average Bonchev–Trinajstić information content (AvgIpc) is 2.77. The molecule has 4 rings (SSSR count). The molecule has 0 atom stereocenters. The van der Waals surface area contributed by atoms with Gasteiger partial charge in [-0.05, 0) is 53.6 Å². The molecule has 29 heavy (non-hydrogen) atoms. The number of benzene rings is 3. The van der Waals surface area contributed by atoms with E-state index in [1.807, 2.05) is 72.8 Å². The van der Waals surface area contributed by atoms with Gasteiger partial charge in [-0.2, -0.15) is 0 Å². The highest BCUT2D eigenvalue weighted by Crippen LogP contribution is 2.31. The number of fused-ring (bicyclic) bond motifs is 1. The van der Waals surface area contributed by atoms with Gasteiger partial charge in [0.15, 0.2) is 11.5 Å². The number of ether oxygens (including phenoxy) is 4. The molecular formula is C24H20O5. The summed E-state index contributed by atoms with van der Waals surface area (Å²) in [7, 11) is 0. The van der Waals surface area contributed by atoms with E-state index in [2.05, 4.69) is 0 Å². The van der Waals surface area contributed by atoms with Crippen LogP contribution >= 0.6 is 0 Å². The zero-order valence-electron chi connectivity index (χ0n) is 15.7. The zero-order valence-corrected chi connectivity index (χ0v) is 15.7. The first-order valence-corrected chi connectivity index (χ1v) is 9.33. The molecule has 0 amide bonds. The Labute approximate surface area is 169 Å². The van der Waals surface area contributed by atoms with Crippen molar-refractivity contribution >= 4 is 12.0 Å². The molecule has 0 bridgehead atoms. The number of carbonyl (C=O) groups is 1. The summed E-state index contributed by atoms with van der Waals surface area (Å²) in [5.41, 5.74) is 1.68. The fourth-order valence-corrected chi connectivity index (χ4v) is 2.85. The van der Waals surface area contributed by atoms with E-state index in [-0.39, 0.29) is 6.61 Å². The minimum Gasteiger partial charge on any atom is -0.486 e. The van der Waals surface area contributed by atoms with Crippen molar-refractivity contribution in [2.75, 3.05) is 13.2 Å². The quantitative estimate of drug-likeness (QED) is 0.439. The molecule has 0 aliphatic carbocycles. The second-order valence-corrected chi connectivity index (χ2v) is 6.41. The molecule has 0 unspecified atom stereocenters. The summed E-state index contributed by atoms with van der Waals surface area (Å²) in [6, 6.07) is 22.5. The van der Waals surface area contributed by atoms with E-state index < -0.39 is 5.97 Å². The van der Waals surface area contributed by atoms with Crippen LogP contribution in [-0.4, -0.2) is 19.2 Å². The maximum atomic E-state index is 12.1. The molecule has 0 radical (unpaired) electrons. The number of hydrogen-bond donors (Lipinski definition) is 0. The summed E-state index contributed by atoms with van der Waals surface area (Å²) >= 11 is 0. The molecule has 0 saturated heterocycles. The highest BCUT2D eigenvalue weighted by molar-refractivity contribution is 5.87. The molecule has 0 spiro atoms. The Morgan fingerprint density at radius 1 is 0.862 bits per heavy atom. The normalized spacial score (nSPS) is 12.6. The van der Waals surface area contributed by atoms with E-state index in [4.69, 9.17) is 18.9 Å². The van der Waals surface area contributed by atoms with Gasteiger partial charge in [-0.1, -0.05) is 36.4 Å². The van der Waals surface area contributed by atoms with Crippen LogP contribution in [0.15, 0.2) is 78.9 Å². The van der Waals surface area contributed by atoms with Gasteiger partial charge in [0.1, 0.15) is 31.3 Å². The molecule has 3 aromatic carbocycles. The maximum Gasteiger partial charge on any atom is 0.331 e. The number of hydrogen-bond acceptors (Lipinski definition) is 5. The Bertz CT molecular complexity index is 1010. The van der Waals surface area contributed by atoms with Gasteiger partial charge in [0.2, 0.25) is 0 Å². The Balaban J connectivity index is 1.32. The lowest BCUT2D eigenvalue weighted by Gasteiger charge is -2.18. The Kier molecular flexibility index (Phi) is 5.76. The van der Waals surface area contributed by atoms with E-state index in [9.17, 15) is 4.79 Å². The molecule has 5 heteroatoms. The minimum absolute atomic E-state index is 0.163. The first kappa shape index (κ1) is 18.6. The summed E-state index contributed by atoms with van der Waals surface area (Å²) in [4.78, 5) is 12.1. The van der Waals surface area contributed by atoms with Crippen molar-refractivity contribution in [2.45, 2.75) is 6.61 Å². The van der Waals surface area contributed by atoms with E-state index in [0.717, 1.165) is 16.9 Å². The van der Waals surface area contributed by atoms with Crippen molar-refractivity contribution in [3.8, 4) is 23.0 Å². The topological polar surface area (TPSA) is 54.0 Å². The van der Waals surface area contributed by atoms with Crippen LogP contribution in [0.25, 0.3) is 6.08 Å². The summed E-state index contributed by atoms with van der Waals surface area (Å²) in [6.07, 6.45) is 3.09. The summed E-state index contributed by atoms with van der Waals surface area (Å²) < 4.78 is 22.2. The molecule has 1 aliphatic rings. The van der Waals surface area contributed by atoms with Gasteiger partial charge in [-0.25, -0.2) is 4.79 Å². The third-order valence-corrected chi connectivity index (χ3v) is 4.24. The summed E-state index contributed by atoms with van der Waals surface area (Å²) in [6.45, 7) is 1.23. The molecule has 1 heterocycles. The Morgan fingerprint density at radius 3 is 2.52 bits per heavy atom. The van der Waals surface area contributed by atoms with Crippen LogP contribution in [0.5, 0.6) is 23.0 Å². The molecule has 3 aromatic rings. The Morgan fingerprint density at radius 2 is 1.66 bits per heavy atom. The van der Waals surface area contributed by atoms with Gasteiger partial charge in [0.05, 0.1) is 0 Å². The maximum absolute atomic E-state index is 12.1. The van der Waals surface area contributed by atoms with Crippen molar-refractivity contribution < 1.29 is 23.7 Å². The highest BCUT2D eigenvalue weighted by atomic mass is 16.6. The van der Waals surface area contributed by atoms with Crippen LogP contribution in [0.1, 0.15) is 11.1 Å². The lowest BCUT2D eigenvalue weighted by Crippen LogP contribution is -2.15. The first-order valence-electron chi connectivity index (χ1n) is 9.33. The van der Waals surface area contributed by atoms with Gasteiger partial charge in [0.25, 0.3) is 0 Å². The van der Waals surface area contributed by atoms with E-state index in [1.54, 1.807) is 6.08 Å². The predicted octanol–water partition coefficient (Wildman–Crippen LogP) is 5.01. The van der Waals surface area contributed by atoms with E-state index in [1.165, 1.54) is 6.08 Å². The number of carbonyl (C=O) groups excluding carboxylic acids is 1. The second-order valence-electron chi connectivity index (χ2n) is 6.41. The third kappa shape index (κ3) is 5.17. The molecule has 0 N–H and O–H groups in total. The lowest BCUT2D eigenvalue weighted by atomic mass is 10.2. The van der Waals surface area contributed by atoms with Crippen LogP contribution in [0.2, 0.25) is 0 Å². The van der Waals surface area contributed by atoms with Crippen molar-refractivity contribution in [2.24, 2.45) is 0 Å². The smallest absolute Gasteiger partial charge is 0.331 e. The molecule has 146 valence electrons.